The lowest BCUT2D eigenvalue weighted by Crippen LogP contribution is -2.45. The summed E-state index contributed by atoms with van der Waals surface area (Å²) in [7, 11) is 4.13. The first-order chi connectivity index (χ1) is 12.1. The normalized spacial score (nSPS) is 29.7. The maximum Gasteiger partial charge on any atom is 0.223 e. The number of hydrogen-bond donors (Lipinski definition) is 1. The minimum Gasteiger partial charge on any atom is -0.356 e. The van der Waals surface area contributed by atoms with Crippen LogP contribution in [0.5, 0.6) is 0 Å². The molecule has 2 atom stereocenters. The van der Waals surface area contributed by atoms with Crippen molar-refractivity contribution in [2.24, 2.45) is 24.3 Å². The summed E-state index contributed by atoms with van der Waals surface area (Å²) >= 11 is 0. The molecule has 2 heterocycles. The van der Waals surface area contributed by atoms with Gasteiger partial charge in [0.25, 0.3) is 0 Å². The molecule has 1 aromatic heterocycles. The quantitative estimate of drug-likeness (QED) is 0.913. The third kappa shape index (κ3) is 3.62. The standard InChI is InChI=1S/C20H32N4O/c1-23-12-6-16(17(14-23)18-5-11-22-24(18)2)19(25)21-13-15-3-7-20(8-4-15)9-10-20/h5,11,15-17H,3-4,6-10,12-14H2,1-2H3,(H,21,25). The molecule has 0 bridgehead atoms. The van der Waals surface area contributed by atoms with Crippen molar-refractivity contribution in [3.63, 3.8) is 0 Å². The number of aryl methyl sites for hydroxylation is 1. The van der Waals surface area contributed by atoms with E-state index in [9.17, 15) is 4.79 Å². The zero-order chi connectivity index (χ0) is 17.4. The van der Waals surface area contributed by atoms with E-state index in [4.69, 9.17) is 0 Å². The summed E-state index contributed by atoms with van der Waals surface area (Å²) < 4.78 is 1.93. The Morgan fingerprint density at radius 3 is 2.64 bits per heavy atom. The highest BCUT2D eigenvalue weighted by Gasteiger charge is 2.44. The minimum atomic E-state index is 0.0740. The largest absolute Gasteiger partial charge is 0.356 e. The van der Waals surface area contributed by atoms with Gasteiger partial charge in [-0.25, -0.2) is 0 Å². The summed E-state index contributed by atoms with van der Waals surface area (Å²) in [5.74, 6) is 1.26. The molecule has 2 aliphatic carbocycles. The van der Waals surface area contributed by atoms with Gasteiger partial charge in [-0.1, -0.05) is 0 Å². The Kier molecular flexibility index (Phi) is 4.61. The second-order valence-electron chi connectivity index (χ2n) is 8.83. The van der Waals surface area contributed by atoms with Crippen LogP contribution in [0.1, 0.15) is 56.6 Å². The lowest BCUT2D eigenvalue weighted by molar-refractivity contribution is -0.127. The van der Waals surface area contributed by atoms with Crippen LogP contribution in [-0.4, -0.2) is 47.3 Å². The maximum atomic E-state index is 12.9. The third-order valence-corrected chi connectivity index (χ3v) is 7.08. The number of rotatable bonds is 4. The molecule has 0 aromatic carbocycles. The highest BCUT2D eigenvalue weighted by atomic mass is 16.1. The topological polar surface area (TPSA) is 50.2 Å². The number of likely N-dealkylation sites (tertiary alicyclic amines) is 1. The Morgan fingerprint density at radius 1 is 1.24 bits per heavy atom. The van der Waals surface area contributed by atoms with Crippen molar-refractivity contribution in [2.75, 3.05) is 26.7 Å². The average molecular weight is 345 g/mol. The van der Waals surface area contributed by atoms with Crippen LogP contribution in [0.4, 0.5) is 0 Å². The molecule has 3 aliphatic rings. The SMILES string of the molecule is CN1CCC(C(=O)NCC2CCC3(CC2)CC3)C(c2ccnn2C)C1. The summed E-state index contributed by atoms with van der Waals surface area (Å²) in [6.07, 6.45) is 11.1. The molecule has 0 radical (unpaired) electrons. The van der Waals surface area contributed by atoms with E-state index in [0.717, 1.165) is 31.5 Å². The third-order valence-electron chi connectivity index (χ3n) is 7.08. The number of amides is 1. The predicted octanol–water partition coefficient (Wildman–Crippen LogP) is 2.54. The summed E-state index contributed by atoms with van der Waals surface area (Å²) in [4.78, 5) is 15.3. The molecule has 1 aliphatic heterocycles. The van der Waals surface area contributed by atoms with Crippen molar-refractivity contribution in [1.29, 1.82) is 0 Å². The molecular weight excluding hydrogens is 312 g/mol. The van der Waals surface area contributed by atoms with Crippen molar-refractivity contribution in [1.82, 2.24) is 20.0 Å². The number of hydrogen-bond acceptors (Lipinski definition) is 3. The van der Waals surface area contributed by atoms with Crippen molar-refractivity contribution in [2.45, 2.75) is 50.9 Å². The Bertz CT molecular complexity index is 611. The van der Waals surface area contributed by atoms with Gasteiger partial charge in [-0.15, -0.1) is 0 Å². The number of likely N-dealkylation sites (N-methyl/N-ethyl adjacent to an activating group) is 1. The fourth-order valence-corrected chi connectivity index (χ4v) is 5.02. The number of carbonyl (C=O) groups is 1. The summed E-state index contributed by atoms with van der Waals surface area (Å²) in [5.41, 5.74) is 1.92. The first kappa shape index (κ1) is 17.1. The fraction of sp³-hybridized carbons (Fsp3) is 0.800. The van der Waals surface area contributed by atoms with E-state index in [0.29, 0.717) is 5.92 Å². The number of carbonyl (C=O) groups excluding carboxylic acids is 1. The average Bonchev–Trinajstić information content (AvgIpc) is 3.23. The first-order valence-corrected chi connectivity index (χ1v) is 10.0. The van der Waals surface area contributed by atoms with E-state index in [2.05, 4.69) is 28.4 Å². The van der Waals surface area contributed by atoms with Crippen LogP contribution in [0.3, 0.4) is 0 Å². The van der Waals surface area contributed by atoms with Crippen LogP contribution in [0.2, 0.25) is 0 Å². The Labute approximate surface area is 151 Å². The highest BCUT2D eigenvalue weighted by molar-refractivity contribution is 5.79. The summed E-state index contributed by atoms with van der Waals surface area (Å²) in [5, 5.41) is 7.62. The van der Waals surface area contributed by atoms with Gasteiger partial charge in [0.15, 0.2) is 0 Å². The van der Waals surface area contributed by atoms with Crippen LogP contribution >= 0.6 is 0 Å². The van der Waals surface area contributed by atoms with E-state index in [1.54, 1.807) is 0 Å². The van der Waals surface area contributed by atoms with E-state index in [1.165, 1.54) is 44.2 Å². The van der Waals surface area contributed by atoms with Gasteiger partial charge >= 0.3 is 0 Å². The lowest BCUT2D eigenvalue weighted by Gasteiger charge is -2.36. The van der Waals surface area contributed by atoms with E-state index in [-0.39, 0.29) is 17.7 Å². The van der Waals surface area contributed by atoms with Gasteiger partial charge in [0.2, 0.25) is 5.91 Å². The van der Waals surface area contributed by atoms with Crippen LogP contribution in [0, 0.1) is 17.3 Å². The monoisotopic (exact) mass is 344 g/mol. The molecule has 25 heavy (non-hydrogen) atoms. The zero-order valence-electron chi connectivity index (χ0n) is 15.7. The molecule has 1 spiro atoms. The number of piperidine rings is 1. The van der Waals surface area contributed by atoms with Crippen LogP contribution in [0.25, 0.3) is 0 Å². The molecular formula is C20H32N4O. The first-order valence-electron chi connectivity index (χ1n) is 10.0. The molecule has 138 valence electrons. The lowest BCUT2D eigenvalue weighted by atomic mass is 9.79. The van der Waals surface area contributed by atoms with E-state index < -0.39 is 0 Å². The molecule has 1 amide bonds. The van der Waals surface area contributed by atoms with Gasteiger partial charge < -0.3 is 10.2 Å². The smallest absolute Gasteiger partial charge is 0.223 e. The van der Waals surface area contributed by atoms with Crippen molar-refractivity contribution >= 4 is 5.91 Å². The van der Waals surface area contributed by atoms with Crippen molar-refractivity contribution < 1.29 is 4.79 Å². The van der Waals surface area contributed by atoms with Gasteiger partial charge in [0.05, 0.1) is 0 Å². The predicted molar refractivity (Wildman–Crippen MR) is 98.2 cm³/mol. The number of nitrogens with one attached hydrogen (secondary N) is 1. The molecule has 3 fully saturated rings. The van der Waals surface area contributed by atoms with Crippen molar-refractivity contribution in [3.05, 3.63) is 18.0 Å². The van der Waals surface area contributed by atoms with Crippen LogP contribution in [-0.2, 0) is 11.8 Å². The summed E-state index contributed by atoms with van der Waals surface area (Å²) in [6, 6.07) is 2.07. The van der Waals surface area contributed by atoms with E-state index >= 15 is 0 Å². The second kappa shape index (κ2) is 6.75. The Balaban J connectivity index is 1.35. The van der Waals surface area contributed by atoms with Gasteiger partial charge in [-0.2, -0.15) is 5.10 Å². The maximum absolute atomic E-state index is 12.9. The van der Waals surface area contributed by atoms with Crippen molar-refractivity contribution in [3.8, 4) is 0 Å². The Morgan fingerprint density at radius 2 is 2.00 bits per heavy atom. The molecule has 1 aromatic rings. The van der Waals surface area contributed by atoms with Crippen LogP contribution < -0.4 is 5.32 Å². The van der Waals surface area contributed by atoms with Gasteiger partial charge in [0, 0.05) is 43.9 Å². The minimum absolute atomic E-state index is 0.0740. The molecule has 1 N–H and O–H groups in total. The second-order valence-corrected chi connectivity index (χ2v) is 8.83. The van der Waals surface area contributed by atoms with Gasteiger partial charge in [0.1, 0.15) is 0 Å². The number of aromatic nitrogens is 2. The van der Waals surface area contributed by atoms with Gasteiger partial charge in [-0.05, 0) is 75.9 Å². The molecule has 4 rings (SSSR count). The number of nitrogens with zero attached hydrogens (tertiary/aromatic N) is 3. The fourth-order valence-electron chi connectivity index (χ4n) is 5.02. The Hall–Kier alpha value is -1.36. The summed E-state index contributed by atoms with van der Waals surface area (Å²) in [6.45, 7) is 2.81. The molecule has 2 saturated carbocycles. The molecule has 5 nitrogen and oxygen atoms in total. The highest BCUT2D eigenvalue weighted by Crippen LogP contribution is 2.57. The molecule has 2 unspecified atom stereocenters. The van der Waals surface area contributed by atoms with E-state index in [1.807, 2.05) is 17.9 Å². The zero-order valence-corrected chi connectivity index (χ0v) is 15.7. The molecule has 5 heteroatoms. The molecule has 1 saturated heterocycles. The van der Waals surface area contributed by atoms with Gasteiger partial charge in [-0.3, -0.25) is 9.48 Å². The van der Waals surface area contributed by atoms with Crippen LogP contribution in [0.15, 0.2) is 12.3 Å².